The fraction of sp³-hybridized carbons (Fsp3) is 0.667. The van der Waals surface area contributed by atoms with Gasteiger partial charge < -0.3 is 19.9 Å². The van der Waals surface area contributed by atoms with Crippen molar-refractivity contribution >= 4 is 17.3 Å². The number of aryl methyl sites for hydroxylation is 1. The van der Waals surface area contributed by atoms with E-state index in [4.69, 9.17) is 9.73 Å². The number of nitrogens with one attached hydrogen (secondary N) is 2. The van der Waals surface area contributed by atoms with Gasteiger partial charge in [-0.05, 0) is 30.7 Å². The van der Waals surface area contributed by atoms with Crippen LogP contribution in [-0.4, -0.2) is 71.1 Å². The standard InChI is InChI=1S/C21H35N7OS/c1-16(2)14-28-9-10-29-18(15-28)12-23-21(22-8-7-19-6-5-11-30-19)24-13-20-26-25-17(3)27(20)4/h5-6,11,16,18H,7-10,12-15H2,1-4H3,(H2,22,23,24). The number of aliphatic imine (C=N–C) groups is 1. The van der Waals surface area contributed by atoms with E-state index in [9.17, 15) is 0 Å². The van der Waals surface area contributed by atoms with Gasteiger partial charge in [-0.25, -0.2) is 4.99 Å². The Hall–Kier alpha value is -1.97. The van der Waals surface area contributed by atoms with E-state index in [1.165, 1.54) is 4.88 Å². The third kappa shape index (κ3) is 7.07. The van der Waals surface area contributed by atoms with Crippen molar-refractivity contribution in [3.8, 4) is 0 Å². The summed E-state index contributed by atoms with van der Waals surface area (Å²) >= 11 is 1.78. The predicted octanol–water partition coefficient (Wildman–Crippen LogP) is 1.82. The maximum Gasteiger partial charge on any atom is 0.191 e. The van der Waals surface area contributed by atoms with Crippen molar-refractivity contribution in [3.05, 3.63) is 34.0 Å². The maximum absolute atomic E-state index is 5.98. The minimum atomic E-state index is 0.166. The Balaban J connectivity index is 1.55. The van der Waals surface area contributed by atoms with Crippen LogP contribution in [0.1, 0.15) is 30.4 Å². The Morgan fingerprint density at radius 3 is 2.93 bits per heavy atom. The van der Waals surface area contributed by atoms with Crippen LogP contribution in [0.15, 0.2) is 22.5 Å². The van der Waals surface area contributed by atoms with E-state index in [1.54, 1.807) is 11.3 Å². The normalized spacial score (nSPS) is 18.2. The molecule has 30 heavy (non-hydrogen) atoms. The molecule has 2 aromatic heterocycles. The van der Waals surface area contributed by atoms with E-state index in [0.29, 0.717) is 12.5 Å². The Bertz CT molecular complexity index is 787. The number of rotatable bonds is 9. The van der Waals surface area contributed by atoms with Gasteiger partial charge in [-0.15, -0.1) is 21.5 Å². The minimum absolute atomic E-state index is 0.166. The summed E-state index contributed by atoms with van der Waals surface area (Å²) in [5.41, 5.74) is 0. The lowest BCUT2D eigenvalue weighted by Gasteiger charge is -2.34. The molecule has 166 valence electrons. The van der Waals surface area contributed by atoms with Crippen molar-refractivity contribution in [3.63, 3.8) is 0 Å². The Kier molecular flexibility index (Phi) is 8.65. The van der Waals surface area contributed by atoms with Crippen LogP contribution in [0.5, 0.6) is 0 Å². The van der Waals surface area contributed by atoms with Crippen LogP contribution in [0.25, 0.3) is 0 Å². The second-order valence-electron chi connectivity index (χ2n) is 8.17. The van der Waals surface area contributed by atoms with E-state index >= 15 is 0 Å². The number of ether oxygens (including phenoxy) is 1. The second kappa shape index (κ2) is 11.4. The summed E-state index contributed by atoms with van der Waals surface area (Å²) in [5.74, 6) is 3.20. The summed E-state index contributed by atoms with van der Waals surface area (Å²) in [7, 11) is 1.97. The fourth-order valence-electron chi connectivity index (χ4n) is 3.47. The van der Waals surface area contributed by atoms with Crippen LogP contribution >= 0.6 is 11.3 Å². The highest BCUT2D eigenvalue weighted by Crippen LogP contribution is 2.09. The molecule has 0 aliphatic carbocycles. The molecule has 0 bridgehead atoms. The van der Waals surface area contributed by atoms with Crippen LogP contribution in [0.4, 0.5) is 0 Å². The maximum atomic E-state index is 5.98. The summed E-state index contributed by atoms with van der Waals surface area (Å²) in [6, 6.07) is 4.26. The summed E-state index contributed by atoms with van der Waals surface area (Å²) in [6.45, 7) is 12.4. The van der Waals surface area contributed by atoms with Crippen molar-refractivity contribution < 1.29 is 4.74 Å². The summed E-state index contributed by atoms with van der Waals surface area (Å²) in [6.07, 6.45) is 1.14. The SMILES string of the molecule is Cc1nnc(CN=C(NCCc2cccs2)NCC2CN(CC(C)C)CCO2)n1C. The molecule has 3 heterocycles. The number of guanidine groups is 1. The first-order chi connectivity index (χ1) is 14.5. The van der Waals surface area contributed by atoms with Crippen LogP contribution in [-0.2, 0) is 24.8 Å². The molecule has 8 nitrogen and oxygen atoms in total. The molecule has 0 saturated carbocycles. The van der Waals surface area contributed by atoms with Crippen molar-refractivity contribution in [2.24, 2.45) is 18.0 Å². The molecule has 0 radical (unpaired) electrons. The molecule has 1 unspecified atom stereocenters. The van der Waals surface area contributed by atoms with Crippen molar-refractivity contribution in [2.45, 2.75) is 39.8 Å². The molecular weight excluding hydrogens is 398 g/mol. The van der Waals surface area contributed by atoms with Gasteiger partial charge >= 0.3 is 0 Å². The number of nitrogens with zero attached hydrogens (tertiary/aromatic N) is 5. The van der Waals surface area contributed by atoms with Gasteiger partial charge in [0.05, 0.1) is 12.7 Å². The highest BCUT2D eigenvalue weighted by Gasteiger charge is 2.21. The van der Waals surface area contributed by atoms with Gasteiger partial charge in [0.25, 0.3) is 0 Å². The Morgan fingerprint density at radius 1 is 1.37 bits per heavy atom. The zero-order valence-electron chi connectivity index (χ0n) is 18.6. The van der Waals surface area contributed by atoms with E-state index < -0.39 is 0 Å². The Labute approximate surface area is 183 Å². The van der Waals surface area contributed by atoms with E-state index in [1.807, 2.05) is 18.5 Å². The van der Waals surface area contributed by atoms with E-state index in [-0.39, 0.29) is 6.10 Å². The molecule has 0 amide bonds. The highest BCUT2D eigenvalue weighted by atomic mass is 32.1. The summed E-state index contributed by atoms with van der Waals surface area (Å²) in [5, 5.41) is 17.4. The van der Waals surface area contributed by atoms with E-state index in [2.05, 4.69) is 57.1 Å². The van der Waals surface area contributed by atoms with Gasteiger partial charge in [0, 0.05) is 44.6 Å². The van der Waals surface area contributed by atoms with Crippen LogP contribution in [0.3, 0.4) is 0 Å². The fourth-order valence-corrected chi connectivity index (χ4v) is 4.18. The smallest absolute Gasteiger partial charge is 0.191 e. The number of hydrogen-bond donors (Lipinski definition) is 2. The van der Waals surface area contributed by atoms with Crippen molar-refractivity contribution in [1.29, 1.82) is 0 Å². The van der Waals surface area contributed by atoms with E-state index in [0.717, 1.165) is 63.4 Å². The number of thiophene rings is 1. The molecular formula is C21H35N7OS. The van der Waals surface area contributed by atoms with Gasteiger partial charge in [0.1, 0.15) is 12.4 Å². The molecule has 0 aromatic carbocycles. The van der Waals surface area contributed by atoms with Crippen LogP contribution in [0.2, 0.25) is 0 Å². The molecule has 3 rings (SSSR count). The third-order valence-corrected chi connectivity index (χ3v) is 6.08. The molecule has 2 N–H and O–H groups in total. The molecule has 0 spiro atoms. The molecule has 9 heteroatoms. The van der Waals surface area contributed by atoms with Gasteiger partial charge in [-0.3, -0.25) is 4.90 Å². The van der Waals surface area contributed by atoms with Crippen LogP contribution in [0, 0.1) is 12.8 Å². The molecule has 1 atom stereocenters. The van der Waals surface area contributed by atoms with Gasteiger partial charge in [0.2, 0.25) is 0 Å². The van der Waals surface area contributed by atoms with Crippen LogP contribution < -0.4 is 10.6 Å². The second-order valence-corrected chi connectivity index (χ2v) is 9.20. The molecule has 1 aliphatic rings. The number of hydrogen-bond acceptors (Lipinski definition) is 6. The van der Waals surface area contributed by atoms with Crippen molar-refractivity contribution in [1.82, 2.24) is 30.3 Å². The lowest BCUT2D eigenvalue weighted by atomic mass is 10.2. The van der Waals surface area contributed by atoms with Gasteiger partial charge in [0.15, 0.2) is 11.8 Å². The van der Waals surface area contributed by atoms with Gasteiger partial charge in [-0.2, -0.15) is 0 Å². The van der Waals surface area contributed by atoms with Gasteiger partial charge in [-0.1, -0.05) is 19.9 Å². The zero-order valence-corrected chi connectivity index (χ0v) is 19.4. The number of aromatic nitrogens is 3. The highest BCUT2D eigenvalue weighted by molar-refractivity contribution is 7.09. The monoisotopic (exact) mass is 433 g/mol. The molecule has 1 saturated heterocycles. The lowest BCUT2D eigenvalue weighted by Crippen LogP contribution is -2.50. The molecule has 1 aliphatic heterocycles. The predicted molar refractivity (Wildman–Crippen MR) is 122 cm³/mol. The largest absolute Gasteiger partial charge is 0.374 e. The summed E-state index contributed by atoms with van der Waals surface area (Å²) < 4.78 is 7.95. The third-order valence-electron chi connectivity index (χ3n) is 5.15. The molecule has 2 aromatic rings. The Morgan fingerprint density at radius 2 is 2.23 bits per heavy atom. The summed E-state index contributed by atoms with van der Waals surface area (Å²) in [4.78, 5) is 8.60. The first-order valence-corrected chi connectivity index (χ1v) is 11.6. The average molecular weight is 434 g/mol. The van der Waals surface area contributed by atoms with Crippen molar-refractivity contribution in [2.75, 3.05) is 39.3 Å². The quantitative estimate of drug-likeness (QED) is 0.464. The lowest BCUT2D eigenvalue weighted by molar-refractivity contribution is -0.0284. The topological polar surface area (TPSA) is 79.6 Å². The average Bonchev–Trinajstić information content (AvgIpc) is 3.34. The number of morpholine rings is 1. The minimum Gasteiger partial charge on any atom is -0.374 e. The first kappa shape index (κ1) is 22.7. The zero-order chi connectivity index (χ0) is 21.3. The molecule has 1 fully saturated rings. The first-order valence-electron chi connectivity index (χ1n) is 10.7.